The Morgan fingerprint density at radius 1 is 1.13 bits per heavy atom. The van der Waals surface area contributed by atoms with Gasteiger partial charge in [-0.1, -0.05) is 18.6 Å². The van der Waals surface area contributed by atoms with E-state index >= 15 is 0 Å². The van der Waals surface area contributed by atoms with E-state index in [0.29, 0.717) is 18.5 Å². The first-order valence-electron chi connectivity index (χ1n) is 11.3. The fourth-order valence-electron chi connectivity index (χ4n) is 6.16. The molecule has 30 heavy (non-hydrogen) atoms. The Kier molecular flexibility index (Phi) is 5.12. The van der Waals surface area contributed by atoms with Crippen LogP contribution in [0.5, 0.6) is 0 Å². The quantitative estimate of drug-likeness (QED) is 0.828. The zero-order chi connectivity index (χ0) is 20.6. The average molecular weight is 403 g/mol. The molecule has 5 nitrogen and oxygen atoms in total. The molecule has 0 radical (unpaired) electrons. The van der Waals surface area contributed by atoms with E-state index < -0.39 is 0 Å². The zero-order valence-corrected chi connectivity index (χ0v) is 17.5. The fraction of sp³-hybridized carbons (Fsp3) is 0.520. The summed E-state index contributed by atoms with van der Waals surface area (Å²) in [6.45, 7) is 1.09. The van der Waals surface area contributed by atoms with Crippen molar-refractivity contribution in [3.05, 3.63) is 54.4 Å². The van der Waals surface area contributed by atoms with Crippen LogP contribution in [0.4, 0.5) is 0 Å². The molecule has 2 heterocycles. The van der Waals surface area contributed by atoms with Crippen LogP contribution in [0.1, 0.15) is 50.5 Å². The largest absolute Gasteiger partial charge is 0.326 e. The van der Waals surface area contributed by atoms with Crippen LogP contribution in [0.3, 0.4) is 0 Å². The van der Waals surface area contributed by atoms with Crippen molar-refractivity contribution in [1.29, 1.82) is 5.26 Å². The summed E-state index contributed by atoms with van der Waals surface area (Å²) in [4.78, 5) is 14.4. The van der Waals surface area contributed by atoms with Gasteiger partial charge in [-0.25, -0.2) is 0 Å². The van der Waals surface area contributed by atoms with E-state index in [1.54, 1.807) is 4.90 Å². The number of nitrogens with zero attached hydrogens (tertiary/aromatic N) is 3. The highest BCUT2D eigenvalue weighted by atomic mass is 16.2. The van der Waals surface area contributed by atoms with Crippen molar-refractivity contribution >= 4 is 5.91 Å². The first-order valence-corrected chi connectivity index (χ1v) is 11.3. The molecule has 5 heteroatoms. The minimum Gasteiger partial charge on any atom is -0.326 e. The van der Waals surface area contributed by atoms with E-state index in [1.165, 1.54) is 36.9 Å². The van der Waals surface area contributed by atoms with Gasteiger partial charge < -0.3 is 14.8 Å². The summed E-state index contributed by atoms with van der Waals surface area (Å²) in [6.07, 6.45) is 12.0. The molecular weight excluding hydrogens is 372 g/mol. The van der Waals surface area contributed by atoms with Gasteiger partial charge in [-0.05, 0) is 79.7 Å². The molecule has 3 aliphatic rings. The Labute approximate surface area is 178 Å². The predicted molar refractivity (Wildman–Crippen MR) is 116 cm³/mol. The number of benzene rings is 1. The number of amides is 1. The topological polar surface area (TPSA) is 61.1 Å². The number of nitrogens with one attached hydrogen (secondary N) is 1. The Bertz CT molecular complexity index is 929. The van der Waals surface area contributed by atoms with Crippen LogP contribution < -0.4 is 5.32 Å². The Hall–Kier alpha value is -2.58. The zero-order valence-electron chi connectivity index (χ0n) is 17.5. The fourth-order valence-corrected chi connectivity index (χ4v) is 6.16. The van der Waals surface area contributed by atoms with Gasteiger partial charge in [0.05, 0.1) is 12.6 Å². The summed E-state index contributed by atoms with van der Waals surface area (Å²) in [5.74, 6) is 0.728. The lowest BCUT2D eigenvalue weighted by Crippen LogP contribution is -2.44. The Morgan fingerprint density at radius 3 is 2.70 bits per heavy atom. The summed E-state index contributed by atoms with van der Waals surface area (Å²) >= 11 is 0. The standard InChI is InChI=1S/C25H30N4O/c26-17-22-6-4-14-29(22)24(30)18-27-23-16-25(11-3-5-19(23)15-25)20-7-9-21(10-8-20)28-12-1-2-13-28/h1-2,7-10,12-13,19,22-23,27H,3-6,11,14-16,18H2/t19?,22-,23?,25?/m0/s1. The van der Waals surface area contributed by atoms with E-state index in [0.717, 1.165) is 25.8 Å². The van der Waals surface area contributed by atoms with Crippen LogP contribution in [-0.4, -0.2) is 40.5 Å². The Balaban J connectivity index is 1.26. The number of hydrogen-bond acceptors (Lipinski definition) is 3. The first-order chi connectivity index (χ1) is 14.7. The maximum Gasteiger partial charge on any atom is 0.237 e. The molecule has 0 spiro atoms. The van der Waals surface area contributed by atoms with Crippen molar-refractivity contribution in [2.24, 2.45) is 5.92 Å². The molecular formula is C25H30N4O. The second kappa shape index (κ2) is 7.92. The molecule has 156 valence electrons. The smallest absolute Gasteiger partial charge is 0.237 e. The van der Waals surface area contributed by atoms with Gasteiger partial charge in [-0.2, -0.15) is 5.26 Å². The summed E-state index contributed by atoms with van der Waals surface area (Å²) < 4.78 is 2.14. The number of nitriles is 1. The van der Waals surface area contributed by atoms with Crippen LogP contribution in [-0.2, 0) is 10.2 Å². The van der Waals surface area contributed by atoms with Gasteiger partial charge >= 0.3 is 0 Å². The lowest BCUT2D eigenvalue weighted by Gasteiger charge is -2.33. The van der Waals surface area contributed by atoms with Crippen molar-refractivity contribution in [3.8, 4) is 11.8 Å². The molecule has 1 aromatic carbocycles. The molecule has 2 aromatic rings. The number of hydrogen-bond donors (Lipinski definition) is 1. The molecule has 2 aliphatic carbocycles. The predicted octanol–water partition coefficient (Wildman–Crippen LogP) is 3.78. The normalized spacial score (nSPS) is 30.4. The van der Waals surface area contributed by atoms with Crippen molar-refractivity contribution in [2.45, 2.75) is 62.4 Å². The van der Waals surface area contributed by atoms with E-state index in [1.807, 2.05) is 12.1 Å². The lowest BCUT2D eigenvalue weighted by molar-refractivity contribution is -0.130. The van der Waals surface area contributed by atoms with Gasteiger partial charge in [0.25, 0.3) is 0 Å². The van der Waals surface area contributed by atoms with Crippen LogP contribution in [0.25, 0.3) is 5.69 Å². The molecule has 1 aromatic heterocycles. The van der Waals surface area contributed by atoms with Gasteiger partial charge in [0.1, 0.15) is 6.04 Å². The highest BCUT2D eigenvalue weighted by Gasteiger charge is 2.48. The second-order valence-corrected chi connectivity index (χ2v) is 9.34. The number of fused-ring (bicyclic) bond motifs is 2. The molecule has 4 atom stereocenters. The number of carbonyl (C=O) groups excluding carboxylic acids is 1. The van der Waals surface area contributed by atoms with Crippen molar-refractivity contribution in [3.63, 3.8) is 0 Å². The van der Waals surface area contributed by atoms with Gasteiger partial charge in [0.2, 0.25) is 5.91 Å². The first kappa shape index (κ1) is 19.4. The summed E-state index contributed by atoms with van der Waals surface area (Å²) in [7, 11) is 0. The maximum atomic E-state index is 12.7. The number of rotatable bonds is 5. The van der Waals surface area contributed by atoms with Crippen molar-refractivity contribution in [1.82, 2.24) is 14.8 Å². The van der Waals surface area contributed by atoms with Gasteiger partial charge in [-0.15, -0.1) is 0 Å². The molecule has 3 unspecified atom stereocenters. The van der Waals surface area contributed by atoms with E-state index in [9.17, 15) is 10.1 Å². The summed E-state index contributed by atoms with van der Waals surface area (Å²) in [5.41, 5.74) is 2.88. The van der Waals surface area contributed by atoms with E-state index in [-0.39, 0.29) is 17.4 Å². The van der Waals surface area contributed by atoms with Crippen LogP contribution in [0.2, 0.25) is 0 Å². The molecule has 5 rings (SSSR count). The molecule has 1 saturated heterocycles. The highest BCUT2D eigenvalue weighted by molar-refractivity contribution is 5.79. The summed E-state index contributed by atoms with van der Waals surface area (Å²) in [6, 6.07) is 15.6. The third kappa shape index (κ3) is 3.44. The second-order valence-electron chi connectivity index (χ2n) is 9.34. The van der Waals surface area contributed by atoms with Crippen LogP contribution in [0, 0.1) is 17.2 Å². The molecule has 2 saturated carbocycles. The van der Waals surface area contributed by atoms with Crippen LogP contribution in [0.15, 0.2) is 48.8 Å². The van der Waals surface area contributed by atoms with Gasteiger partial charge in [0.15, 0.2) is 0 Å². The van der Waals surface area contributed by atoms with Crippen molar-refractivity contribution < 1.29 is 4.79 Å². The maximum absolute atomic E-state index is 12.7. The number of likely N-dealkylation sites (tertiary alicyclic amines) is 1. The van der Waals surface area contributed by atoms with E-state index in [2.05, 4.69) is 52.6 Å². The van der Waals surface area contributed by atoms with Gasteiger partial charge in [-0.3, -0.25) is 4.79 Å². The molecule has 1 N–H and O–H groups in total. The van der Waals surface area contributed by atoms with Crippen LogP contribution >= 0.6 is 0 Å². The highest BCUT2D eigenvalue weighted by Crippen LogP contribution is 2.53. The minimum absolute atomic E-state index is 0.0885. The third-order valence-electron chi connectivity index (χ3n) is 7.68. The lowest BCUT2D eigenvalue weighted by atomic mass is 9.71. The van der Waals surface area contributed by atoms with Crippen molar-refractivity contribution in [2.75, 3.05) is 13.1 Å². The third-order valence-corrected chi connectivity index (χ3v) is 7.68. The molecule has 3 fully saturated rings. The number of aromatic nitrogens is 1. The molecule has 1 amide bonds. The number of carbonyl (C=O) groups is 1. The average Bonchev–Trinajstić information content (AvgIpc) is 3.52. The SMILES string of the molecule is N#C[C@@H]1CCCN1C(=O)CNC1CC2(c3ccc(-n4cccc4)cc3)CCCC1C2. The van der Waals surface area contributed by atoms with E-state index in [4.69, 9.17) is 0 Å². The minimum atomic E-state index is -0.229. The summed E-state index contributed by atoms with van der Waals surface area (Å²) in [5, 5.41) is 12.9. The monoisotopic (exact) mass is 402 g/mol. The van der Waals surface area contributed by atoms with Gasteiger partial charge in [0, 0.05) is 30.7 Å². The molecule has 1 aliphatic heterocycles. The Morgan fingerprint density at radius 2 is 1.93 bits per heavy atom. The molecule has 2 bridgehead atoms.